The molecule has 104 valence electrons. The van der Waals surface area contributed by atoms with Crippen molar-refractivity contribution in [3.63, 3.8) is 0 Å². The Hall–Kier alpha value is -1.51. The summed E-state index contributed by atoms with van der Waals surface area (Å²) in [5, 5.41) is 7.80. The summed E-state index contributed by atoms with van der Waals surface area (Å²) in [6, 6.07) is 14.6. The first-order valence-electron chi connectivity index (χ1n) is 7.13. The van der Waals surface area contributed by atoms with Crippen LogP contribution in [0.4, 0.5) is 5.69 Å². The molecule has 0 aromatic heterocycles. The maximum atomic E-state index is 5.88. The molecule has 2 aromatic carbocycles. The van der Waals surface area contributed by atoms with Crippen molar-refractivity contribution >= 4 is 17.3 Å². The summed E-state index contributed by atoms with van der Waals surface area (Å²) < 4.78 is 0. The van der Waals surface area contributed by atoms with E-state index < -0.39 is 0 Å². The van der Waals surface area contributed by atoms with Crippen molar-refractivity contribution in [1.82, 2.24) is 5.32 Å². The van der Waals surface area contributed by atoms with Gasteiger partial charge in [-0.1, -0.05) is 41.9 Å². The predicted octanol–water partition coefficient (Wildman–Crippen LogP) is 3.64. The summed E-state index contributed by atoms with van der Waals surface area (Å²) in [6.45, 7) is 2.96. The Morgan fingerprint density at radius 2 is 1.95 bits per heavy atom. The van der Waals surface area contributed by atoms with E-state index >= 15 is 0 Å². The van der Waals surface area contributed by atoms with Crippen LogP contribution in [0.1, 0.15) is 16.7 Å². The Kier molecular flexibility index (Phi) is 4.24. The SMILES string of the molecule is Clc1ccc(CCNCc2cccc3c2NCC3)cc1. The molecule has 0 atom stereocenters. The highest BCUT2D eigenvalue weighted by Crippen LogP contribution is 2.26. The van der Waals surface area contributed by atoms with E-state index in [1.807, 2.05) is 12.1 Å². The molecule has 20 heavy (non-hydrogen) atoms. The van der Waals surface area contributed by atoms with E-state index in [-0.39, 0.29) is 0 Å². The fraction of sp³-hybridized carbons (Fsp3) is 0.294. The molecule has 2 nitrogen and oxygen atoms in total. The molecule has 0 spiro atoms. The van der Waals surface area contributed by atoms with Gasteiger partial charge in [-0.3, -0.25) is 0 Å². The summed E-state index contributed by atoms with van der Waals surface area (Å²) in [5.74, 6) is 0. The zero-order valence-electron chi connectivity index (χ0n) is 11.5. The predicted molar refractivity (Wildman–Crippen MR) is 85.5 cm³/mol. The molecule has 3 rings (SSSR count). The molecule has 0 bridgehead atoms. The summed E-state index contributed by atoms with van der Waals surface area (Å²) in [7, 11) is 0. The summed E-state index contributed by atoms with van der Waals surface area (Å²) >= 11 is 5.88. The van der Waals surface area contributed by atoms with Crippen LogP contribution in [0.3, 0.4) is 0 Å². The van der Waals surface area contributed by atoms with Gasteiger partial charge >= 0.3 is 0 Å². The third-order valence-corrected chi connectivity index (χ3v) is 4.00. The monoisotopic (exact) mass is 286 g/mol. The van der Waals surface area contributed by atoms with Gasteiger partial charge in [0.15, 0.2) is 0 Å². The van der Waals surface area contributed by atoms with E-state index in [1.54, 1.807) is 0 Å². The number of halogens is 1. The van der Waals surface area contributed by atoms with Crippen LogP contribution in [-0.2, 0) is 19.4 Å². The minimum Gasteiger partial charge on any atom is -0.384 e. The van der Waals surface area contributed by atoms with Crippen LogP contribution in [0, 0.1) is 0 Å². The topological polar surface area (TPSA) is 24.1 Å². The van der Waals surface area contributed by atoms with Crippen LogP contribution in [0.5, 0.6) is 0 Å². The Bertz CT molecular complexity index is 578. The van der Waals surface area contributed by atoms with Crippen LogP contribution < -0.4 is 10.6 Å². The van der Waals surface area contributed by atoms with Gasteiger partial charge in [-0.15, -0.1) is 0 Å². The molecule has 2 N–H and O–H groups in total. The smallest absolute Gasteiger partial charge is 0.0419 e. The van der Waals surface area contributed by atoms with E-state index in [4.69, 9.17) is 11.6 Å². The fourth-order valence-electron chi connectivity index (χ4n) is 2.67. The number of fused-ring (bicyclic) bond motifs is 1. The van der Waals surface area contributed by atoms with E-state index in [0.717, 1.165) is 37.5 Å². The normalized spacial score (nSPS) is 13.1. The van der Waals surface area contributed by atoms with Crippen molar-refractivity contribution in [2.24, 2.45) is 0 Å². The molecule has 0 saturated carbocycles. The lowest BCUT2D eigenvalue weighted by molar-refractivity contribution is 0.688. The zero-order chi connectivity index (χ0) is 13.8. The van der Waals surface area contributed by atoms with Crippen LogP contribution >= 0.6 is 11.6 Å². The first-order valence-corrected chi connectivity index (χ1v) is 7.50. The molecular formula is C17H19ClN2. The third kappa shape index (κ3) is 3.14. The van der Waals surface area contributed by atoms with Gasteiger partial charge in [0.1, 0.15) is 0 Å². The molecule has 1 aliphatic heterocycles. The second-order valence-corrected chi connectivity index (χ2v) is 5.62. The number of nitrogens with one attached hydrogen (secondary N) is 2. The largest absolute Gasteiger partial charge is 0.384 e. The summed E-state index contributed by atoms with van der Waals surface area (Å²) in [4.78, 5) is 0. The average molecular weight is 287 g/mol. The molecule has 0 unspecified atom stereocenters. The molecular weight excluding hydrogens is 268 g/mol. The van der Waals surface area contributed by atoms with Gasteiger partial charge < -0.3 is 10.6 Å². The van der Waals surface area contributed by atoms with Crippen molar-refractivity contribution in [1.29, 1.82) is 0 Å². The second kappa shape index (κ2) is 6.29. The molecule has 0 aliphatic carbocycles. The standard InChI is InChI=1S/C17H19ClN2/c18-16-6-4-13(5-7-16)8-10-19-12-15-3-1-2-14-9-11-20-17(14)15/h1-7,19-20H,8-12H2. The number of para-hydroxylation sites is 1. The number of hydrogen-bond donors (Lipinski definition) is 2. The fourth-order valence-corrected chi connectivity index (χ4v) is 2.79. The number of hydrogen-bond acceptors (Lipinski definition) is 2. The number of rotatable bonds is 5. The average Bonchev–Trinajstić information content (AvgIpc) is 2.94. The molecule has 1 heterocycles. The highest BCUT2D eigenvalue weighted by atomic mass is 35.5. The van der Waals surface area contributed by atoms with Crippen LogP contribution in [0.15, 0.2) is 42.5 Å². The van der Waals surface area contributed by atoms with Gasteiger partial charge in [0.2, 0.25) is 0 Å². The molecule has 0 radical (unpaired) electrons. The zero-order valence-corrected chi connectivity index (χ0v) is 12.2. The Morgan fingerprint density at radius 3 is 2.80 bits per heavy atom. The number of anilines is 1. The van der Waals surface area contributed by atoms with Crippen molar-refractivity contribution in [2.75, 3.05) is 18.4 Å². The van der Waals surface area contributed by atoms with Crippen LogP contribution in [-0.4, -0.2) is 13.1 Å². The van der Waals surface area contributed by atoms with E-state index in [2.05, 4.69) is 41.0 Å². The second-order valence-electron chi connectivity index (χ2n) is 5.18. The Labute approximate surface area is 125 Å². The maximum absolute atomic E-state index is 5.88. The lowest BCUT2D eigenvalue weighted by Gasteiger charge is -2.10. The molecule has 0 fully saturated rings. The van der Waals surface area contributed by atoms with Crippen molar-refractivity contribution < 1.29 is 0 Å². The maximum Gasteiger partial charge on any atom is 0.0419 e. The first kappa shape index (κ1) is 13.5. The molecule has 2 aromatic rings. The quantitative estimate of drug-likeness (QED) is 0.820. The van der Waals surface area contributed by atoms with Crippen LogP contribution in [0.2, 0.25) is 5.02 Å². The Morgan fingerprint density at radius 1 is 1.10 bits per heavy atom. The minimum atomic E-state index is 0.799. The Balaban J connectivity index is 1.51. The third-order valence-electron chi connectivity index (χ3n) is 3.75. The van der Waals surface area contributed by atoms with E-state index in [1.165, 1.54) is 22.4 Å². The molecule has 3 heteroatoms. The van der Waals surface area contributed by atoms with Gasteiger partial charge in [0, 0.05) is 23.8 Å². The highest BCUT2D eigenvalue weighted by Gasteiger charge is 2.12. The summed E-state index contributed by atoms with van der Waals surface area (Å²) in [5.41, 5.74) is 5.47. The molecule has 0 amide bonds. The highest BCUT2D eigenvalue weighted by molar-refractivity contribution is 6.30. The van der Waals surface area contributed by atoms with Crippen molar-refractivity contribution in [3.8, 4) is 0 Å². The van der Waals surface area contributed by atoms with Crippen molar-refractivity contribution in [2.45, 2.75) is 19.4 Å². The summed E-state index contributed by atoms with van der Waals surface area (Å²) in [6.07, 6.45) is 2.17. The molecule has 0 saturated heterocycles. The lowest BCUT2D eigenvalue weighted by atomic mass is 10.1. The number of benzene rings is 2. The van der Waals surface area contributed by atoms with Gasteiger partial charge in [-0.2, -0.15) is 0 Å². The van der Waals surface area contributed by atoms with Crippen LogP contribution in [0.25, 0.3) is 0 Å². The van der Waals surface area contributed by atoms with Gasteiger partial charge in [-0.25, -0.2) is 0 Å². The van der Waals surface area contributed by atoms with Crippen molar-refractivity contribution in [3.05, 3.63) is 64.2 Å². The van der Waals surface area contributed by atoms with Gasteiger partial charge in [0.05, 0.1) is 0 Å². The van der Waals surface area contributed by atoms with E-state index in [0.29, 0.717) is 0 Å². The van der Waals surface area contributed by atoms with Gasteiger partial charge in [-0.05, 0) is 48.2 Å². The van der Waals surface area contributed by atoms with Gasteiger partial charge in [0.25, 0.3) is 0 Å². The lowest BCUT2D eigenvalue weighted by Crippen LogP contribution is -2.17. The minimum absolute atomic E-state index is 0.799. The first-order chi connectivity index (χ1) is 9.83. The molecule has 1 aliphatic rings. The van der Waals surface area contributed by atoms with E-state index in [9.17, 15) is 0 Å².